The highest BCUT2D eigenvalue weighted by atomic mass is 32.2. The van der Waals surface area contributed by atoms with Crippen LogP contribution in [-0.2, 0) is 16.6 Å². The molecule has 0 unspecified atom stereocenters. The van der Waals surface area contributed by atoms with Crippen LogP contribution in [0.2, 0.25) is 0 Å². The molecule has 0 bridgehead atoms. The third kappa shape index (κ3) is 5.47. The molecule has 0 spiro atoms. The van der Waals surface area contributed by atoms with Crippen molar-refractivity contribution in [2.75, 3.05) is 26.8 Å². The summed E-state index contributed by atoms with van der Waals surface area (Å²) < 4.78 is 34.3. The van der Waals surface area contributed by atoms with E-state index in [-0.39, 0.29) is 39.8 Å². The lowest BCUT2D eigenvalue weighted by atomic mass is 10.1. The van der Waals surface area contributed by atoms with Gasteiger partial charge in [-0.2, -0.15) is 0 Å². The van der Waals surface area contributed by atoms with Gasteiger partial charge in [-0.3, -0.25) is 4.72 Å². The quantitative estimate of drug-likeness (QED) is 0.186. The first kappa shape index (κ1) is 23.5. The summed E-state index contributed by atoms with van der Waals surface area (Å²) in [5, 5.41) is 15.9. The number of nitrogen functional groups attached to an aromatic ring is 2. The van der Waals surface area contributed by atoms with E-state index in [9.17, 15) is 18.3 Å². The van der Waals surface area contributed by atoms with Crippen molar-refractivity contribution in [3.8, 4) is 0 Å². The lowest BCUT2D eigenvalue weighted by Gasteiger charge is -2.18. The molecule has 0 saturated heterocycles. The minimum atomic E-state index is -4.25. The second-order valence-electron chi connectivity index (χ2n) is 7.62. The molecule has 4 rings (SSSR count). The fraction of sp³-hybridized carbons (Fsp3) is 0.0417. The maximum absolute atomic E-state index is 13.4. The topological polar surface area (TPSA) is 173 Å². The molecule has 0 amide bonds. The molecule has 0 aliphatic rings. The Kier molecular flexibility index (Phi) is 6.51. The van der Waals surface area contributed by atoms with Crippen LogP contribution in [0.4, 0.5) is 34.1 Å². The Morgan fingerprint density at radius 3 is 2.34 bits per heavy atom. The minimum absolute atomic E-state index is 0.150. The SMILES string of the molecule is Nc1ccc(Nc2cc(NCc3ccoc3)c(C(=O)O)cc2S(=O)(=O)Nc2ccccc2N)cc1. The summed E-state index contributed by atoms with van der Waals surface area (Å²) in [6, 6.07) is 17.3. The van der Waals surface area contributed by atoms with Crippen LogP contribution in [0, 0.1) is 0 Å². The monoisotopic (exact) mass is 493 g/mol. The van der Waals surface area contributed by atoms with Crippen LogP contribution in [0.3, 0.4) is 0 Å². The fourth-order valence-electron chi connectivity index (χ4n) is 3.33. The van der Waals surface area contributed by atoms with Crippen molar-refractivity contribution in [1.29, 1.82) is 0 Å². The maximum Gasteiger partial charge on any atom is 0.337 e. The summed E-state index contributed by atoms with van der Waals surface area (Å²) in [5.41, 5.74) is 14.1. The van der Waals surface area contributed by atoms with Gasteiger partial charge in [-0.05, 0) is 54.6 Å². The zero-order chi connectivity index (χ0) is 25.0. The highest BCUT2D eigenvalue weighted by Gasteiger charge is 2.25. The molecule has 0 aliphatic carbocycles. The van der Waals surface area contributed by atoms with Gasteiger partial charge in [0, 0.05) is 23.5 Å². The van der Waals surface area contributed by atoms with Gasteiger partial charge in [0.1, 0.15) is 4.90 Å². The molecule has 0 radical (unpaired) electrons. The van der Waals surface area contributed by atoms with Gasteiger partial charge in [-0.25, -0.2) is 13.2 Å². The van der Waals surface area contributed by atoms with Crippen molar-refractivity contribution in [2.45, 2.75) is 11.4 Å². The minimum Gasteiger partial charge on any atom is -0.478 e. The van der Waals surface area contributed by atoms with E-state index in [0.29, 0.717) is 11.4 Å². The third-order valence-electron chi connectivity index (χ3n) is 5.10. The number of rotatable bonds is 9. The van der Waals surface area contributed by atoms with Gasteiger partial charge < -0.3 is 31.6 Å². The Hall–Kier alpha value is -4.64. The van der Waals surface area contributed by atoms with Crippen molar-refractivity contribution in [3.63, 3.8) is 0 Å². The molecule has 8 N–H and O–H groups in total. The van der Waals surface area contributed by atoms with E-state index in [0.717, 1.165) is 11.6 Å². The molecule has 11 heteroatoms. The van der Waals surface area contributed by atoms with Crippen LogP contribution in [0.5, 0.6) is 0 Å². The molecule has 1 aromatic heterocycles. The number of anilines is 6. The summed E-state index contributed by atoms with van der Waals surface area (Å²) in [7, 11) is -4.25. The standard InChI is InChI=1S/C24H23N5O5S/c25-16-5-7-17(8-6-16)28-22-12-21(27-13-15-9-10-34-14-15)18(24(30)31)11-23(22)35(32,33)29-20-4-2-1-3-19(20)26/h1-12,14,27-29H,13,25-26H2,(H,30,31). The van der Waals surface area contributed by atoms with E-state index in [1.165, 1.54) is 24.7 Å². The van der Waals surface area contributed by atoms with E-state index >= 15 is 0 Å². The molecule has 0 saturated carbocycles. The Morgan fingerprint density at radius 1 is 0.943 bits per heavy atom. The number of carbonyl (C=O) groups is 1. The van der Waals surface area contributed by atoms with Gasteiger partial charge in [0.2, 0.25) is 0 Å². The van der Waals surface area contributed by atoms with Gasteiger partial charge in [-0.1, -0.05) is 12.1 Å². The smallest absolute Gasteiger partial charge is 0.337 e. The molecular weight excluding hydrogens is 470 g/mol. The molecule has 3 aromatic carbocycles. The fourth-order valence-corrected chi connectivity index (χ4v) is 4.58. The highest BCUT2D eigenvalue weighted by molar-refractivity contribution is 7.93. The number of benzene rings is 3. The van der Waals surface area contributed by atoms with Crippen molar-refractivity contribution in [1.82, 2.24) is 0 Å². The zero-order valence-electron chi connectivity index (χ0n) is 18.4. The molecule has 0 aliphatic heterocycles. The second kappa shape index (κ2) is 9.69. The Labute approximate surface area is 201 Å². The molecule has 0 fully saturated rings. The first-order valence-corrected chi connectivity index (χ1v) is 11.9. The van der Waals surface area contributed by atoms with Crippen LogP contribution in [0.25, 0.3) is 0 Å². The van der Waals surface area contributed by atoms with Crippen LogP contribution in [-0.4, -0.2) is 19.5 Å². The number of nitrogens with one attached hydrogen (secondary N) is 3. The lowest BCUT2D eigenvalue weighted by molar-refractivity contribution is 0.0697. The summed E-state index contributed by atoms with van der Waals surface area (Å²) in [5.74, 6) is -1.30. The number of hydrogen-bond donors (Lipinski definition) is 6. The van der Waals surface area contributed by atoms with Gasteiger partial charge >= 0.3 is 5.97 Å². The van der Waals surface area contributed by atoms with E-state index in [2.05, 4.69) is 15.4 Å². The summed E-state index contributed by atoms with van der Waals surface area (Å²) in [6.45, 7) is 0.267. The van der Waals surface area contributed by atoms with Gasteiger partial charge in [0.25, 0.3) is 10.0 Å². The molecule has 35 heavy (non-hydrogen) atoms. The number of furan rings is 1. The van der Waals surface area contributed by atoms with Gasteiger partial charge in [0.05, 0.1) is 40.8 Å². The van der Waals surface area contributed by atoms with Crippen LogP contribution in [0.15, 0.2) is 88.6 Å². The molecule has 180 valence electrons. The number of carboxylic acid groups (broad SMARTS) is 1. The zero-order valence-corrected chi connectivity index (χ0v) is 19.2. The van der Waals surface area contributed by atoms with Crippen LogP contribution >= 0.6 is 0 Å². The van der Waals surface area contributed by atoms with Crippen molar-refractivity contribution < 1.29 is 22.7 Å². The van der Waals surface area contributed by atoms with Crippen molar-refractivity contribution >= 4 is 50.1 Å². The lowest BCUT2D eigenvalue weighted by Crippen LogP contribution is -2.17. The van der Waals surface area contributed by atoms with E-state index in [4.69, 9.17) is 15.9 Å². The Morgan fingerprint density at radius 2 is 1.69 bits per heavy atom. The number of hydrogen-bond acceptors (Lipinski definition) is 8. The third-order valence-corrected chi connectivity index (χ3v) is 6.50. The summed E-state index contributed by atoms with van der Waals surface area (Å²) in [4.78, 5) is 11.8. The molecule has 0 atom stereocenters. The Bertz CT molecular complexity index is 1450. The molecule has 1 heterocycles. The maximum atomic E-state index is 13.4. The molecular formula is C24H23N5O5S. The summed E-state index contributed by atoms with van der Waals surface area (Å²) >= 11 is 0. The normalized spacial score (nSPS) is 11.1. The number of aromatic carboxylic acids is 1. The van der Waals surface area contributed by atoms with Gasteiger partial charge in [0.15, 0.2) is 0 Å². The van der Waals surface area contributed by atoms with E-state index < -0.39 is 16.0 Å². The summed E-state index contributed by atoms with van der Waals surface area (Å²) in [6.07, 6.45) is 3.02. The van der Waals surface area contributed by atoms with Gasteiger partial charge in [-0.15, -0.1) is 0 Å². The predicted octanol–water partition coefficient (Wildman–Crippen LogP) is 4.30. The predicted molar refractivity (Wildman–Crippen MR) is 135 cm³/mol. The second-order valence-corrected chi connectivity index (χ2v) is 9.27. The Balaban J connectivity index is 1.80. The first-order chi connectivity index (χ1) is 16.7. The average Bonchev–Trinajstić information content (AvgIpc) is 3.34. The first-order valence-electron chi connectivity index (χ1n) is 10.4. The number of sulfonamides is 1. The largest absolute Gasteiger partial charge is 0.478 e. The molecule has 4 aromatic rings. The van der Waals surface area contributed by atoms with Crippen molar-refractivity contribution in [3.05, 3.63) is 90.4 Å². The van der Waals surface area contributed by atoms with Crippen molar-refractivity contribution in [2.24, 2.45) is 0 Å². The average molecular weight is 494 g/mol. The molecule has 10 nitrogen and oxygen atoms in total. The highest BCUT2D eigenvalue weighted by Crippen LogP contribution is 2.34. The van der Waals surface area contributed by atoms with E-state index in [1.807, 2.05) is 0 Å². The number of nitrogens with two attached hydrogens (primary N) is 2. The van der Waals surface area contributed by atoms with E-state index in [1.54, 1.807) is 48.5 Å². The van der Waals surface area contributed by atoms with Crippen LogP contribution < -0.4 is 26.8 Å². The number of para-hydroxylation sites is 2. The van der Waals surface area contributed by atoms with Crippen LogP contribution in [0.1, 0.15) is 15.9 Å². The number of carboxylic acids is 1.